The summed E-state index contributed by atoms with van der Waals surface area (Å²) in [7, 11) is 2.55. The Bertz CT molecular complexity index is 2370. The van der Waals surface area contributed by atoms with Gasteiger partial charge in [0.05, 0.1) is 44.0 Å². The number of carbonyl (C=O) groups excluding carboxylic acids is 4. The third-order valence-corrected chi connectivity index (χ3v) is 11.7. The van der Waals surface area contributed by atoms with Gasteiger partial charge in [-0.3, -0.25) is 9.59 Å². The van der Waals surface area contributed by atoms with E-state index in [0.29, 0.717) is 24.7 Å². The molecule has 1 saturated carbocycles. The number of benzene rings is 3. The lowest BCUT2D eigenvalue weighted by Gasteiger charge is -2.36. The van der Waals surface area contributed by atoms with Gasteiger partial charge in [-0.05, 0) is 90.6 Å². The fraction of sp³-hybridized carbons (Fsp3) is 0.349. The zero-order valence-corrected chi connectivity index (χ0v) is 32.4. The largest absolute Gasteiger partial charge is 0.453 e. The first-order valence-corrected chi connectivity index (χ1v) is 19.3. The van der Waals surface area contributed by atoms with Gasteiger partial charge in [0.15, 0.2) is 0 Å². The quantitative estimate of drug-likeness (QED) is 0.120. The highest BCUT2D eigenvalue weighted by Crippen LogP contribution is 2.50. The van der Waals surface area contributed by atoms with Gasteiger partial charge in [-0.15, -0.1) is 0 Å². The minimum absolute atomic E-state index is 0.127. The lowest BCUT2D eigenvalue weighted by atomic mass is 9.97. The molecule has 4 N–H and O–H groups in total. The molecule has 4 heterocycles. The number of H-pyrrole nitrogens is 2. The van der Waals surface area contributed by atoms with Gasteiger partial charge in [0.25, 0.3) is 0 Å². The standard InChI is InChI=1S/C43H46N8O6/c1-23-16-17-50(40(52)24(2)46-42(54)56-4)36(23)38-44-21-34(48-38)27-8-6-26(7-9-27)28-10-11-30-19-31(13-12-29(30)18-28)35-22-45-39(49-35)37-32-14-15-33(20-32)51(37)41(53)25(3)47-43(55)57-5/h6-13,18-19,21-22,24-25,32-33,36-37H,1,14-17,20H2,2-5H3,(H,44,48)(H,45,49)(H,46,54)(H,47,55)/t24-,25-,32-,33+,36-,37-/m0/s1. The van der Waals surface area contributed by atoms with Crippen LogP contribution in [0.3, 0.4) is 0 Å². The van der Waals surface area contributed by atoms with Crippen molar-refractivity contribution in [2.45, 2.75) is 69.7 Å². The Hall–Kier alpha value is -6.44. The fourth-order valence-electron chi connectivity index (χ4n) is 8.74. The summed E-state index contributed by atoms with van der Waals surface area (Å²) in [5, 5.41) is 7.36. The van der Waals surface area contributed by atoms with E-state index >= 15 is 0 Å². The van der Waals surface area contributed by atoms with Crippen molar-refractivity contribution in [2.24, 2.45) is 5.92 Å². The highest BCUT2D eigenvalue weighted by Gasteiger charge is 2.50. The molecule has 0 radical (unpaired) electrons. The summed E-state index contributed by atoms with van der Waals surface area (Å²) in [6.45, 7) is 8.01. The maximum atomic E-state index is 13.5. The zero-order chi connectivity index (χ0) is 40.0. The number of alkyl carbamates (subject to hydrolysis) is 2. The van der Waals surface area contributed by atoms with Crippen molar-refractivity contribution in [2.75, 3.05) is 20.8 Å². The highest BCUT2D eigenvalue weighted by molar-refractivity contribution is 5.91. The van der Waals surface area contributed by atoms with Crippen LogP contribution in [0.25, 0.3) is 44.4 Å². The Morgan fingerprint density at radius 3 is 2.00 bits per heavy atom. The monoisotopic (exact) mass is 770 g/mol. The number of fused-ring (bicyclic) bond motifs is 3. The number of piperidine rings is 1. The number of ether oxygens (including phenoxy) is 2. The first-order valence-electron chi connectivity index (χ1n) is 19.3. The van der Waals surface area contributed by atoms with E-state index in [0.717, 1.165) is 75.1 Å². The molecule has 3 fully saturated rings. The molecule has 3 aliphatic rings. The number of carbonyl (C=O) groups is 4. The Kier molecular flexibility index (Phi) is 10.0. The van der Waals surface area contributed by atoms with E-state index in [1.165, 1.54) is 14.2 Å². The van der Waals surface area contributed by atoms with Crippen LogP contribution in [-0.2, 0) is 19.1 Å². The smallest absolute Gasteiger partial charge is 0.407 e. The molecule has 4 amide bonds. The van der Waals surface area contributed by atoms with Crippen molar-refractivity contribution in [3.8, 4) is 33.6 Å². The second-order valence-corrected chi connectivity index (χ2v) is 15.2. The summed E-state index contributed by atoms with van der Waals surface area (Å²) in [4.78, 5) is 70.2. The van der Waals surface area contributed by atoms with Crippen LogP contribution >= 0.6 is 0 Å². The van der Waals surface area contributed by atoms with Gasteiger partial charge >= 0.3 is 12.2 Å². The van der Waals surface area contributed by atoms with Crippen molar-refractivity contribution < 1.29 is 28.7 Å². The van der Waals surface area contributed by atoms with E-state index in [1.54, 1.807) is 24.9 Å². The Morgan fingerprint density at radius 1 is 0.754 bits per heavy atom. The molecular weight excluding hydrogens is 725 g/mol. The van der Waals surface area contributed by atoms with E-state index in [1.807, 2.05) is 23.2 Å². The van der Waals surface area contributed by atoms with Crippen LogP contribution in [0.4, 0.5) is 9.59 Å². The lowest BCUT2D eigenvalue weighted by molar-refractivity contribution is -0.137. The topological polar surface area (TPSA) is 175 Å². The van der Waals surface area contributed by atoms with Crippen LogP contribution in [0, 0.1) is 5.92 Å². The molecule has 57 heavy (non-hydrogen) atoms. The lowest BCUT2D eigenvalue weighted by Crippen LogP contribution is -2.50. The minimum Gasteiger partial charge on any atom is -0.453 e. The molecule has 6 atom stereocenters. The molecular formula is C43H46N8O6. The maximum Gasteiger partial charge on any atom is 0.407 e. The molecule has 14 nitrogen and oxygen atoms in total. The van der Waals surface area contributed by atoms with Gasteiger partial charge in [0.2, 0.25) is 11.8 Å². The van der Waals surface area contributed by atoms with E-state index in [-0.39, 0.29) is 23.9 Å². The van der Waals surface area contributed by atoms with Crippen LogP contribution in [0.1, 0.15) is 63.3 Å². The van der Waals surface area contributed by atoms with Crippen molar-refractivity contribution in [3.63, 3.8) is 0 Å². The molecule has 2 aromatic heterocycles. The van der Waals surface area contributed by atoms with Gasteiger partial charge in [-0.1, -0.05) is 55.1 Å². The molecule has 5 aromatic rings. The van der Waals surface area contributed by atoms with E-state index in [9.17, 15) is 19.2 Å². The number of hydrogen-bond acceptors (Lipinski definition) is 8. The predicted molar refractivity (Wildman–Crippen MR) is 213 cm³/mol. The molecule has 1 aliphatic carbocycles. The second-order valence-electron chi connectivity index (χ2n) is 15.2. The summed E-state index contributed by atoms with van der Waals surface area (Å²) in [5.74, 6) is 1.35. The maximum absolute atomic E-state index is 13.5. The normalized spacial score (nSPS) is 21.1. The molecule has 3 aromatic carbocycles. The SMILES string of the molecule is C=C1CCN(C(=O)[C@H](C)NC(=O)OC)[C@@H]1c1ncc(-c2ccc(-c3ccc4cc(-c5cnc([C@@H]6[C@H]7CC[C@H](C7)N6C(=O)[C@H](C)NC(=O)OC)[nH]5)ccc4c3)cc2)[nH]1. The van der Waals surface area contributed by atoms with Gasteiger partial charge in [0.1, 0.15) is 29.8 Å². The molecule has 294 valence electrons. The number of hydrogen-bond donors (Lipinski definition) is 4. The number of likely N-dealkylation sites (tertiary alicyclic amines) is 2. The summed E-state index contributed by atoms with van der Waals surface area (Å²) in [6, 6.07) is 19.1. The Balaban J connectivity index is 0.957. The number of aromatic amines is 2. The fourth-order valence-corrected chi connectivity index (χ4v) is 8.74. The summed E-state index contributed by atoms with van der Waals surface area (Å²) in [5.41, 5.74) is 6.68. The number of aromatic nitrogens is 4. The van der Waals surface area contributed by atoms with Crippen LogP contribution in [0.2, 0.25) is 0 Å². The minimum atomic E-state index is -0.757. The van der Waals surface area contributed by atoms with Crippen molar-refractivity contribution in [1.29, 1.82) is 0 Å². The summed E-state index contributed by atoms with van der Waals surface area (Å²) >= 11 is 0. The van der Waals surface area contributed by atoms with Crippen LogP contribution in [-0.4, -0.2) is 92.6 Å². The van der Waals surface area contributed by atoms with Gasteiger partial charge < -0.3 is 39.9 Å². The third kappa shape index (κ3) is 7.11. The molecule has 8 rings (SSSR count). The molecule has 14 heteroatoms. The van der Waals surface area contributed by atoms with Crippen molar-refractivity contribution in [3.05, 3.63) is 96.9 Å². The van der Waals surface area contributed by atoms with Crippen molar-refractivity contribution in [1.82, 2.24) is 40.4 Å². The molecule has 2 aliphatic heterocycles. The molecule has 2 bridgehead atoms. The third-order valence-electron chi connectivity index (χ3n) is 11.7. The Morgan fingerprint density at radius 2 is 1.32 bits per heavy atom. The number of nitrogens with zero attached hydrogens (tertiary/aromatic N) is 4. The number of methoxy groups -OCH3 is 2. The van der Waals surface area contributed by atoms with E-state index < -0.39 is 30.3 Å². The van der Waals surface area contributed by atoms with Crippen LogP contribution in [0.15, 0.2) is 85.2 Å². The summed E-state index contributed by atoms with van der Waals surface area (Å²) in [6.07, 6.45) is 5.89. The molecule has 2 saturated heterocycles. The van der Waals surface area contributed by atoms with Gasteiger partial charge in [0, 0.05) is 18.2 Å². The first-order chi connectivity index (χ1) is 27.5. The predicted octanol–water partition coefficient (Wildman–Crippen LogP) is 6.66. The molecule has 0 unspecified atom stereocenters. The Labute approximate surface area is 330 Å². The van der Waals surface area contributed by atoms with E-state index in [2.05, 4.69) is 85.4 Å². The zero-order valence-electron chi connectivity index (χ0n) is 32.4. The van der Waals surface area contributed by atoms with E-state index in [4.69, 9.17) is 9.72 Å². The number of imidazole rings is 2. The summed E-state index contributed by atoms with van der Waals surface area (Å²) < 4.78 is 9.37. The highest BCUT2D eigenvalue weighted by atomic mass is 16.5. The van der Waals surface area contributed by atoms with Gasteiger partial charge in [-0.25, -0.2) is 19.6 Å². The van der Waals surface area contributed by atoms with Gasteiger partial charge in [-0.2, -0.15) is 0 Å². The van der Waals surface area contributed by atoms with Crippen LogP contribution < -0.4 is 10.6 Å². The second kappa shape index (κ2) is 15.2. The number of nitrogens with one attached hydrogen (secondary N) is 4. The number of amides is 4. The first kappa shape index (κ1) is 37.5. The van der Waals surface area contributed by atoms with Crippen molar-refractivity contribution >= 4 is 34.8 Å². The number of rotatable bonds is 9. The molecule has 0 spiro atoms. The average molecular weight is 771 g/mol. The van der Waals surface area contributed by atoms with Crippen LogP contribution in [0.5, 0.6) is 0 Å². The average Bonchev–Trinajstić information content (AvgIpc) is 4.09.